The van der Waals surface area contributed by atoms with Crippen molar-refractivity contribution in [2.24, 2.45) is 0 Å². The predicted octanol–water partition coefficient (Wildman–Crippen LogP) is 14.4. The third kappa shape index (κ3) is 4.80. The molecule has 0 bridgehead atoms. The molecule has 1 aliphatic carbocycles. The summed E-state index contributed by atoms with van der Waals surface area (Å²) < 4.78 is 0. The number of benzene rings is 8. The summed E-state index contributed by atoms with van der Waals surface area (Å²) >= 11 is 0. The average molecular weight is 695 g/mol. The van der Waals surface area contributed by atoms with Crippen molar-refractivity contribution in [1.82, 2.24) is 0 Å². The zero-order valence-corrected chi connectivity index (χ0v) is 31.2. The van der Waals surface area contributed by atoms with Gasteiger partial charge in [-0.3, -0.25) is 0 Å². The second-order valence-corrected chi connectivity index (χ2v) is 15.8. The van der Waals surface area contributed by atoms with E-state index in [-0.39, 0.29) is 10.8 Å². The van der Waals surface area contributed by atoms with Crippen molar-refractivity contribution < 1.29 is 0 Å². The van der Waals surface area contributed by atoms with Gasteiger partial charge in [-0.2, -0.15) is 0 Å². The molecule has 0 radical (unpaired) electrons. The summed E-state index contributed by atoms with van der Waals surface area (Å²) in [5.74, 6) is 0. The lowest BCUT2D eigenvalue weighted by atomic mass is 9.73. The van der Waals surface area contributed by atoms with Crippen molar-refractivity contribution in [1.29, 1.82) is 0 Å². The first-order chi connectivity index (χ1) is 26.3. The Morgan fingerprint density at radius 1 is 0.389 bits per heavy atom. The molecule has 0 amide bonds. The van der Waals surface area contributed by atoms with Gasteiger partial charge >= 0.3 is 0 Å². The monoisotopic (exact) mass is 694 g/mol. The van der Waals surface area contributed by atoms with Crippen LogP contribution in [0.1, 0.15) is 49.9 Å². The fourth-order valence-corrected chi connectivity index (χ4v) is 9.27. The highest BCUT2D eigenvalue weighted by atomic mass is 15.2. The highest BCUT2D eigenvalue weighted by molar-refractivity contribution is 6.08. The van der Waals surface area contributed by atoms with Crippen molar-refractivity contribution in [3.63, 3.8) is 0 Å². The first-order valence-corrected chi connectivity index (χ1v) is 19.0. The molecule has 0 N–H and O–H groups in total. The van der Waals surface area contributed by atoms with Crippen molar-refractivity contribution in [3.05, 3.63) is 204 Å². The number of nitrogens with zero attached hydrogens (tertiary/aromatic N) is 2. The van der Waals surface area contributed by atoms with Gasteiger partial charge in [-0.1, -0.05) is 155 Å². The Morgan fingerprint density at radius 2 is 0.963 bits per heavy atom. The third-order valence-electron chi connectivity index (χ3n) is 12.0. The van der Waals surface area contributed by atoms with Crippen LogP contribution in [0.25, 0.3) is 33.0 Å². The second-order valence-electron chi connectivity index (χ2n) is 15.8. The van der Waals surface area contributed by atoms with E-state index in [1.54, 1.807) is 0 Å². The summed E-state index contributed by atoms with van der Waals surface area (Å²) in [7, 11) is 0. The second kappa shape index (κ2) is 12.1. The van der Waals surface area contributed by atoms with Gasteiger partial charge in [-0.05, 0) is 98.9 Å². The molecule has 2 nitrogen and oxygen atoms in total. The number of para-hydroxylation sites is 3. The van der Waals surface area contributed by atoms with Crippen LogP contribution in [0.3, 0.4) is 0 Å². The standard InChI is InChI=1S/C52H42N2/c1-51(2)44-24-14-13-23-42(44)43-31-28-36(33-46(43)51)41-30-27-35-17-11-12-22-40(35)50(41)54-48-26-16-15-25-45(48)52(3,4)47-34-39(29-32-49(47)54)53(37-18-7-5-8-19-37)38-20-9-6-10-21-38/h5-34H,1-4H3. The molecule has 0 aromatic heterocycles. The Balaban J connectivity index is 1.22. The van der Waals surface area contributed by atoms with Gasteiger partial charge in [-0.15, -0.1) is 0 Å². The quantitative estimate of drug-likeness (QED) is 0.177. The van der Waals surface area contributed by atoms with Crippen molar-refractivity contribution >= 4 is 44.9 Å². The van der Waals surface area contributed by atoms with Crippen LogP contribution in [0.4, 0.5) is 34.1 Å². The lowest BCUT2D eigenvalue weighted by Crippen LogP contribution is -2.31. The highest BCUT2D eigenvalue weighted by Gasteiger charge is 2.39. The number of fused-ring (bicyclic) bond motifs is 6. The van der Waals surface area contributed by atoms with E-state index in [4.69, 9.17) is 0 Å². The molecule has 0 unspecified atom stereocenters. The molecule has 1 heterocycles. The highest BCUT2D eigenvalue weighted by Crippen LogP contribution is 2.57. The molecule has 8 aromatic rings. The van der Waals surface area contributed by atoms with Crippen molar-refractivity contribution in [2.45, 2.75) is 38.5 Å². The minimum absolute atomic E-state index is 0.0902. The van der Waals surface area contributed by atoms with Crippen LogP contribution >= 0.6 is 0 Å². The SMILES string of the molecule is CC1(C)c2ccccc2-c2ccc(-c3ccc4ccccc4c3N3c4ccccc4C(C)(C)c4cc(N(c5ccccc5)c5ccccc5)ccc43)cc21. The van der Waals surface area contributed by atoms with Gasteiger partial charge in [-0.25, -0.2) is 0 Å². The Morgan fingerprint density at radius 3 is 1.72 bits per heavy atom. The molecule has 2 aliphatic rings. The molecule has 0 saturated carbocycles. The van der Waals surface area contributed by atoms with Gasteiger partial charge in [0.1, 0.15) is 0 Å². The maximum absolute atomic E-state index is 2.56. The molecule has 8 aromatic carbocycles. The van der Waals surface area contributed by atoms with Crippen LogP contribution in [0.2, 0.25) is 0 Å². The van der Waals surface area contributed by atoms with Crippen molar-refractivity contribution in [3.8, 4) is 22.3 Å². The zero-order valence-electron chi connectivity index (χ0n) is 31.2. The normalized spacial score (nSPS) is 14.6. The first-order valence-electron chi connectivity index (χ1n) is 19.0. The fraction of sp³-hybridized carbons (Fsp3) is 0.115. The molecule has 260 valence electrons. The molecular formula is C52H42N2. The van der Waals surface area contributed by atoms with Gasteiger partial charge in [0, 0.05) is 38.8 Å². The summed E-state index contributed by atoms with van der Waals surface area (Å²) in [6, 6.07) is 67.1. The van der Waals surface area contributed by atoms with Gasteiger partial charge in [0.2, 0.25) is 0 Å². The summed E-state index contributed by atoms with van der Waals surface area (Å²) in [6.45, 7) is 9.50. The van der Waals surface area contributed by atoms with Gasteiger partial charge in [0.25, 0.3) is 0 Å². The van der Waals surface area contributed by atoms with Crippen LogP contribution in [0.15, 0.2) is 182 Å². The first kappa shape index (κ1) is 32.3. The van der Waals surface area contributed by atoms with E-state index in [9.17, 15) is 0 Å². The molecule has 1 aliphatic heterocycles. The summed E-state index contributed by atoms with van der Waals surface area (Å²) in [6.07, 6.45) is 0. The molecule has 0 atom stereocenters. The minimum atomic E-state index is -0.258. The third-order valence-corrected chi connectivity index (χ3v) is 12.0. The Kier molecular flexibility index (Phi) is 7.22. The molecular weight excluding hydrogens is 653 g/mol. The van der Waals surface area contributed by atoms with Crippen molar-refractivity contribution in [2.75, 3.05) is 9.80 Å². The van der Waals surface area contributed by atoms with Gasteiger partial charge < -0.3 is 9.80 Å². The predicted molar refractivity (Wildman–Crippen MR) is 228 cm³/mol. The lowest BCUT2D eigenvalue weighted by Gasteiger charge is -2.43. The van der Waals surface area contributed by atoms with Gasteiger partial charge in [0.15, 0.2) is 0 Å². The van der Waals surface area contributed by atoms with E-state index in [0.717, 1.165) is 17.1 Å². The van der Waals surface area contributed by atoms with Gasteiger partial charge in [0.05, 0.1) is 17.1 Å². The smallest absolute Gasteiger partial charge is 0.0618 e. The van der Waals surface area contributed by atoms with E-state index < -0.39 is 0 Å². The van der Waals surface area contributed by atoms with E-state index in [1.165, 1.54) is 72.3 Å². The molecule has 2 heteroatoms. The maximum atomic E-state index is 2.56. The average Bonchev–Trinajstić information content (AvgIpc) is 3.44. The number of hydrogen-bond donors (Lipinski definition) is 0. The van der Waals surface area contributed by atoms with Crippen LogP contribution in [-0.4, -0.2) is 0 Å². The minimum Gasteiger partial charge on any atom is -0.310 e. The zero-order chi connectivity index (χ0) is 36.6. The van der Waals surface area contributed by atoms with E-state index >= 15 is 0 Å². The van der Waals surface area contributed by atoms with Crippen LogP contribution in [-0.2, 0) is 10.8 Å². The van der Waals surface area contributed by atoms with E-state index in [0.29, 0.717) is 0 Å². The molecule has 0 spiro atoms. The number of anilines is 6. The summed E-state index contributed by atoms with van der Waals surface area (Å²) in [5, 5.41) is 2.46. The summed E-state index contributed by atoms with van der Waals surface area (Å²) in [5.41, 5.74) is 17.2. The number of rotatable bonds is 5. The van der Waals surface area contributed by atoms with E-state index in [2.05, 4.69) is 219 Å². The topological polar surface area (TPSA) is 6.48 Å². The van der Waals surface area contributed by atoms with Crippen LogP contribution in [0, 0.1) is 0 Å². The van der Waals surface area contributed by atoms with Crippen LogP contribution in [0.5, 0.6) is 0 Å². The molecule has 10 rings (SSSR count). The Hall–Kier alpha value is -6.38. The maximum Gasteiger partial charge on any atom is 0.0618 e. The molecule has 0 saturated heterocycles. The molecule has 0 fully saturated rings. The Labute approximate surface area is 318 Å². The molecule has 54 heavy (non-hydrogen) atoms. The lowest BCUT2D eigenvalue weighted by molar-refractivity contribution is 0.632. The number of hydrogen-bond acceptors (Lipinski definition) is 2. The summed E-state index contributed by atoms with van der Waals surface area (Å²) in [4.78, 5) is 4.93. The van der Waals surface area contributed by atoms with E-state index in [1.807, 2.05) is 0 Å². The fourth-order valence-electron chi connectivity index (χ4n) is 9.27. The van der Waals surface area contributed by atoms with Crippen LogP contribution < -0.4 is 9.80 Å². The Bertz CT molecular complexity index is 2680. The largest absolute Gasteiger partial charge is 0.310 e.